The molecule has 0 unspecified atom stereocenters. The number of nitrogens with zero attached hydrogens (tertiary/aromatic N) is 4. The Balaban J connectivity index is 1.19. The molecule has 3 heterocycles. The van der Waals surface area contributed by atoms with Gasteiger partial charge >= 0.3 is 11.7 Å². The Hall–Kier alpha value is -6.29. The highest BCUT2D eigenvalue weighted by atomic mass is 16.5. The van der Waals surface area contributed by atoms with Crippen molar-refractivity contribution in [2.45, 2.75) is 39.5 Å². The van der Waals surface area contributed by atoms with Crippen LogP contribution in [0.2, 0.25) is 0 Å². The van der Waals surface area contributed by atoms with Gasteiger partial charge in [0.25, 0.3) is 5.69 Å². The average Bonchev–Trinajstić information content (AvgIpc) is 3.71. The summed E-state index contributed by atoms with van der Waals surface area (Å²) in [6.07, 6.45) is 1.83. The molecule has 6 aromatic carbocycles. The molecule has 9 rings (SSSR count). The number of aromatic nitrogens is 2. The summed E-state index contributed by atoms with van der Waals surface area (Å²) in [6, 6.07) is 52.7. The van der Waals surface area contributed by atoms with Gasteiger partial charge in [0, 0.05) is 46.3 Å². The van der Waals surface area contributed by atoms with E-state index in [1.165, 1.54) is 33.0 Å². The third-order valence-electron chi connectivity index (χ3n) is 9.94. The zero-order valence-electron chi connectivity index (χ0n) is 29.2. The monoisotopic (exact) mass is 662 g/mol. The third kappa shape index (κ3) is 5.13. The normalized spacial score (nSPS) is 12.6. The Kier molecular flexibility index (Phi) is 7.38. The van der Waals surface area contributed by atoms with Gasteiger partial charge in [0.1, 0.15) is 17.3 Å². The number of benzene rings is 6. The van der Waals surface area contributed by atoms with Crippen molar-refractivity contribution in [3.8, 4) is 17.3 Å². The van der Waals surface area contributed by atoms with Gasteiger partial charge in [0.05, 0.1) is 22.5 Å². The van der Waals surface area contributed by atoms with Crippen molar-refractivity contribution < 1.29 is 4.74 Å². The molecule has 0 fully saturated rings. The van der Waals surface area contributed by atoms with Crippen molar-refractivity contribution in [3.05, 3.63) is 157 Å². The molecular weight excluding hydrogens is 625 g/mol. The third-order valence-corrected chi connectivity index (χ3v) is 9.94. The second-order valence-electron chi connectivity index (χ2n) is 13.8. The number of hydrogen-bond acceptors (Lipinski definition) is 2. The first-order chi connectivity index (χ1) is 25.0. The Morgan fingerprint density at radius 3 is 2.06 bits per heavy atom. The minimum atomic E-state index is 0.346. The minimum Gasteiger partial charge on any atom is -0.457 e. The van der Waals surface area contributed by atoms with Crippen LogP contribution >= 0.6 is 0 Å². The van der Waals surface area contributed by atoms with Gasteiger partial charge in [-0.1, -0.05) is 94.4 Å². The summed E-state index contributed by atoms with van der Waals surface area (Å²) in [5.74, 6) is 3.07. The molecule has 51 heavy (non-hydrogen) atoms. The lowest BCUT2D eigenvalue weighted by molar-refractivity contribution is 0.483. The summed E-state index contributed by atoms with van der Waals surface area (Å²) in [4.78, 5) is 4.69. The first kappa shape index (κ1) is 30.7. The van der Waals surface area contributed by atoms with Gasteiger partial charge in [-0.25, -0.2) is 4.98 Å². The number of fused-ring (bicyclic) bond motifs is 6. The Bertz CT molecular complexity index is 2690. The predicted octanol–water partition coefficient (Wildman–Crippen LogP) is 12.2. The van der Waals surface area contributed by atoms with E-state index in [1.807, 2.05) is 30.5 Å². The number of rotatable bonds is 7. The molecule has 0 atom stereocenters. The van der Waals surface area contributed by atoms with Gasteiger partial charge in [0.15, 0.2) is 0 Å². The molecule has 0 spiro atoms. The molecule has 0 saturated heterocycles. The maximum absolute atomic E-state index is 6.64. The van der Waals surface area contributed by atoms with E-state index in [9.17, 15) is 0 Å². The molecule has 0 N–H and O–H groups in total. The second kappa shape index (κ2) is 12.2. The van der Waals surface area contributed by atoms with Crippen molar-refractivity contribution in [1.29, 1.82) is 0 Å². The molecule has 0 bridgehead atoms. The van der Waals surface area contributed by atoms with E-state index < -0.39 is 0 Å². The second-order valence-corrected chi connectivity index (χ2v) is 13.8. The lowest BCUT2D eigenvalue weighted by Gasteiger charge is -2.14. The fourth-order valence-corrected chi connectivity index (χ4v) is 7.56. The molecule has 5 heteroatoms. The van der Waals surface area contributed by atoms with Crippen LogP contribution in [0.3, 0.4) is 0 Å². The van der Waals surface area contributed by atoms with Crippen LogP contribution in [0.15, 0.2) is 146 Å². The maximum Gasteiger partial charge on any atom is 0.503 e. The first-order valence-electron chi connectivity index (χ1n) is 17.7. The Morgan fingerprint density at radius 1 is 0.569 bits per heavy atom. The van der Waals surface area contributed by atoms with Crippen molar-refractivity contribution in [3.63, 3.8) is 0 Å². The van der Waals surface area contributed by atoms with Gasteiger partial charge in [-0.2, -0.15) is 0 Å². The lowest BCUT2D eigenvalue weighted by Crippen LogP contribution is -2.09. The smallest absolute Gasteiger partial charge is 0.457 e. The molecule has 0 amide bonds. The summed E-state index contributed by atoms with van der Waals surface area (Å²) < 4.78 is 13.3. The maximum atomic E-state index is 6.64. The number of hydrogen-bond donors (Lipinski definition) is 0. The van der Waals surface area contributed by atoms with E-state index in [2.05, 4.69) is 163 Å². The molecule has 2 aromatic heterocycles. The van der Waals surface area contributed by atoms with Crippen LogP contribution in [0, 0.1) is 0 Å². The highest BCUT2D eigenvalue weighted by Crippen LogP contribution is 2.45. The van der Waals surface area contributed by atoms with Crippen LogP contribution in [0.5, 0.6) is 11.5 Å². The molecule has 1 aliphatic heterocycles. The van der Waals surface area contributed by atoms with Gasteiger partial charge in [0.2, 0.25) is 11.4 Å². The molecule has 0 aliphatic carbocycles. The highest BCUT2D eigenvalue weighted by Gasteiger charge is 2.41. The van der Waals surface area contributed by atoms with Crippen molar-refractivity contribution >= 4 is 61.3 Å². The van der Waals surface area contributed by atoms with E-state index in [0.29, 0.717) is 11.8 Å². The zero-order chi connectivity index (χ0) is 34.6. The van der Waals surface area contributed by atoms with Crippen LogP contribution in [0.1, 0.15) is 50.7 Å². The minimum absolute atomic E-state index is 0.346. The quantitative estimate of drug-likeness (QED) is 0.159. The molecule has 0 saturated carbocycles. The SMILES string of the molecule is CC(C)c1cccc(C(C)C)c1[N+]1=C=[N+](c2cccc(Oc3ccc4c5ccccc5n(-c5ccccn5)c4c3)c2)c2ccc3ccccc3c21. The standard InChI is InChI=1S/C46H38N4O/c1-30(2)36-18-12-19-37(31(3)4)45(36)49-29-48(42-25-22-32-13-5-6-16-38(32)46(42)49)33-14-11-15-34(27-33)51-35-23-24-40-39-17-7-8-20-41(39)50(43(40)28-35)44-21-9-10-26-47-44/h5-28,30-31H,1-4H3/q+2. The zero-order valence-corrected chi connectivity index (χ0v) is 29.2. The van der Waals surface area contributed by atoms with E-state index in [0.717, 1.165) is 50.8 Å². The van der Waals surface area contributed by atoms with E-state index in [4.69, 9.17) is 9.72 Å². The summed E-state index contributed by atoms with van der Waals surface area (Å²) >= 11 is 0. The van der Waals surface area contributed by atoms with Gasteiger partial charge < -0.3 is 4.74 Å². The molecule has 1 aliphatic rings. The summed E-state index contributed by atoms with van der Waals surface area (Å²) in [5, 5.41) is 4.74. The van der Waals surface area contributed by atoms with Crippen LogP contribution in [-0.4, -0.2) is 15.6 Å². The fraction of sp³-hybridized carbons (Fsp3) is 0.130. The topological polar surface area (TPSA) is 33.1 Å². The molecule has 5 nitrogen and oxygen atoms in total. The van der Waals surface area contributed by atoms with Crippen LogP contribution < -0.4 is 13.9 Å². The van der Waals surface area contributed by atoms with Gasteiger partial charge in [-0.3, -0.25) is 4.57 Å². The van der Waals surface area contributed by atoms with E-state index in [-0.39, 0.29) is 0 Å². The molecule has 8 aromatic rings. The van der Waals surface area contributed by atoms with E-state index in [1.54, 1.807) is 0 Å². The number of pyridine rings is 1. The van der Waals surface area contributed by atoms with Crippen molar-refractivity contribution in [2.75, 3.05) is 0 Å². The van der Waals surface area contributed by atoms with Gasteiger partial charge in [-0.05, 0) is 74.9 Å². The summed E-state index contributed by atoms with van der Waals surface area (Å²) in [5.41, 5.74) is 9.19. The van der Waals surface area contributed by atoms with Crippen molar-refractivity contribution in [2.24, 2.45) is 0 Å². The lowest BCUT2D eigenvalue weighted by atomic mass is 9.92. The average molecular weight is 663 g/mol. The highest BCUT2D eigenvalue weighted by molar-refractivity contribution is 6.09. The largest absolute Gasteiger partial charge is 0.503 e. The van der Waals surface area contributed by atoms with Crippen LogP contribution in [0.25, 0.3) is 38.4 Å². The predicted molar refractivity (Wildman–Crippen MR) is 212 cm³/mol. The molecular formula is C46H38N4O+2. The Labute approximate surface area is 297 Å². The molecule has 246 valence electrons. The van der Waals surface area contributed by atoms with Crippen LogP contribution in [-0.2, 0) is 0 Å². The summed E-state index contributed by atoms with van der Waals surface area (Å²) in [6.45, 7) is 9.09. The first-order valence-corrected chi connectivity index (χ1v) is 17.7. The summed E-state index contributed by atoms with van der Waals surface area (Å²) in [7, 11) is 0. The Morgan fingerprint density at radius 2 is 1.27 bits per heavy atom. The number of ether oxygens (including phenoxy) is 1. The van der Waals surface area contributed by atoms with E-state index >= 15 is 0 Å². The molecule has 0 radical (unpaired) electrons. The van der Waals surface area contributed by atoms with Gasteiger partial charge in [-0.15, -0.1) is 0 Å². The fourth-order valence-electron chi connectivity index (χ4n) is 7.56. The van der Waals surface area contributed by atoms with Crippen LogP contribution in [0.4, 0.5) is 22.7 Å². The number of para-hydroxylation sites is 2. The van der Waals surface area contributed by atoms with Crippen molar-refractivity contribution in [1.82, 2.24) is 18.7 Å².